The maximum atomic E-state index is 6.26. The van der Waals surface area contributed by atoms with Gasteiger partial charge in [-0.05, 0) is 135 Å². The fourth-order valence-corrected chi connectivity index (χ4v) is 7.37. The second kappa shape index (κ2) is 13.1. The predicted octanol–water partition coefficient (Wildman–Crippen LogP) is 11.6. The van der Waals surface area contributed by atoms with Crippen LogP contribution in [0.25, 0.3) is 65.3 Å². The van der Waals surface area contributed by atoms with Crippen LogP contribution in [0.15, 0.2) is 97.1 Å². The lowest BCUT2D eigenvalue weighted by atomic mass is 9.84. The summed E-state index contributed by atoms with van der Waals surface area (Å²) < 4.78 is 17.1. The van der Waals surface area contributed by atoms with Crippen LogP contribution in [-0.2, 0) is 9.47 Å². The average molecular weight is 633 g/mol. The van der Waals surface area contributed by atoms with Crippen LogP contribution in [0.2, 0.25) is 0 Å². The molecular formula is C45H44O3. The SMILES string of the molecule is COCCC(COc1cc2ccc(-c3c4ccc(C)cc4c(-c4ccc5cc(C)cc(C)c5c4)c4ccc(C)cc34)cc2cc1C)OC. The van der Waals surface area contributed by atoms with Gasteiger partial charge in [0.05, 0.1) is 6.10 Å². The van der Waals surface area contributed by atoms with Crippen molar-refractivity contribution < 1.29 is 14.2 Å². The van der Waals surface area contributed by atoms with E-state index in [2.05, 4.69) is 132 Å². The molecule has 0 heterocycles. The van der Waals surface area contributed by atoms with E-state index in [1.54, 1.807) is 14.2 Å². The third kappa shape index (κ3) is 5.94. The number of fused-ring (bicyclic) bond motifs is 4. The van der Waals surface area contributed by atoms with Crippen molar-refractivity contribution in [1.82, 2.24) is 0 Å². The molecule has 3 nitrogen and oxygen atoms in total. The fraction of sp³-hybridized carbons (Fsp3) is 0.244. The number of rotatable bonds is 9. The van der Waals surface area contributed by atoms with E-state index in [9.17, 15) is 0 Å². The van der Waals surface area contributed by atoms with Gasteiger partial charge in [-0.15, -0.1) is 0 Å². The van der Waals surface area contributed by atoms with E-state index in [0.717, 1.165) is 23.1 Å². The molecule has 0 spiro atoms. The van der Waals surface area contributed by atoms with Gasteiger partial charge in [0.15, 0.2) is 0 Å². The highest BCUT2D eigenvalue weighted by Gasteiger charge is 2.19. The van der Waals surface area contributed by atoms with Gasteiger partial charge < -0.3 is 14.2 Å². The first kappa shape index (κ1) is 31.9. The van der Waals surface area contributed by atoms with Crippen molar-refractivity contribution in [3.05, 3.63) is 125 Å². The second-order valence-corrected chi connectivity index (χ2v) is 13.5. The van der Waals surface area contributed by atoms with Crippen LogP contribution < -0.4 is 4.74 Å². The molecule has 7 aromatic carbocycles. The van der Waals surface area contributed by atoms with Crippen LogP contribution >= 0.6 is 0 Å². The number of methoxy groups -OCH3 is 2. The standard InChI is InChI=1S/C45H44O3/c1-27-9-15-39-41(20-27)44(34-12-10-32-25-43(31(5)22-36(32)23-34)48-26-37(47-7)16-17-46-6)38-14-8-28(2)21-42(38)45(39)35-13-11-33-19-29(3)18-30(4)40(33)24-35/h8-15,18-25,37H,16-17,26H2,1-7H3. The molecule has 0 aliphatic rings. The third-order valence-corrected chi connectivity index (χ3v) is 9.85. The van der Waals surface area contributed by atoms with E-state index < -0.39 is 0 Å². The lowest BCUT2D eigenvalue weighted by Crippen LogP contribution is -2.22. The Hall–Kier alpha value is -4.70. The molecule has 48 heavy (non-hydrogen) atoms. The normalized spacial score (nSPS) is 12.4. The molecule has 1 unspecified atom stereocenters. The second-order valence-electron chi connectivity index (χ2n) is 13.5. The summed E-state index contributed by atoms with van der Waals surface area (Å²) in [5, 5.41) is 10.1. The first-order valence-corrected chi connectivity index (χ1v) is 16.9. The predicted molar refractivity (Wildman–Crippen MR) is 204 cm³/mol. The number of ether oxygens (including phenoxy) is 3. The van der Waals surface area contributed by atoms with Crippen molar-refractivity contribution in [2.75, 3.05) is 27.4 Å². The summed E-state index contributed by atoms with van der Waals surface area (Å²) in [7, 11) is 3.44. The molecule has 0 saturated heterocycles. The van der Waals surface area contributed by atoms with Gasteiger partial charge in [0.1, 0.15) is 12.4 Å². The molecule has 0 saturated carbocycles. The lowest BCUT2D eigenvalue weighted by molar-refractivity contribution is 0.0327. The fourth-order valence-electron chi connectivity index (χ4n) is 7.37. The van der Waals surface area contributed by atoms with E-state index in [1.165, 1.54) is 82.2 Å². The van der Waals surface area contributed by atoms with Crippen molar-refractivity contribution in [1.29, 1.82) is 0 Å². The van der Waals surface area contributed by atoms with Crippen molar-refractivity contribution in [2.24, 2.45) is 0 Å². The van der Waals surface area contributed by atoms with Crippen LogP contribution in [0.1, 0.15) is 34.2 Å². The smallest absolute Gasteiger partial charge is 0.122 e. The minimum atomic E-state index is -0.0121. The molecule has 0 aliphatic heterocycles. The maximum Gasteiger partial charge on any atom is 0.122 e. The highest BCUT2D eigenvalue weighted by atomic mass is 16.5. The zero-order valence-electron chi connectivity index (χ0n) is 29.2. The van der Waals surface area contributed by atoms with Crippen molar-refractivity contribution in [3.8, 4) is 28.0 Å². The Balaban J connectivity index is 1.40. The minimum absolute atomic E-state index is 0.0121. The van der Waals surface area contributed by atoms with E-state index in [0.29, 0.717) is 13.2 Å². The quantitative estimate of drug-likeness (QED) is 0.148. The van der Waals surface area contributed by atoms with Crippen LogP contribution in [0, 0.1) is 34.6 Å². The van der Waals surface area contributed by atoms with Crippen LogP contribution in [0.4, 0.5) is 0 Å². The first-order valence-electron chi connectivity index (χ1n) is 16.9. The Morgan fingerprint density at radius 1 is 0.500 bits per heavy atom. The van der Waals surface area contributed by atoms with Gasteiger partial charge in [0.25, 0.3) is 0 Å². The number of hydrogen-bond acceptors (Lipinski definition) is 3. The third-order valence-electron chi connectivity index (χ3n) is 9.85. The Bertz CT molecular complexity index is 2330. The molecule has 0 aliphatic carbocycles. The molecule has 0 amide bonds. The van der Waals surface area contributed by atoms with E-state index >= 15 is 0 Å². The molecule has 242 valence electrons. The van der Waals surface area contributed by atoms with Gasteiger partial charge in [0, 0.05) is 27.2 Å². The Labute approximate surface area is 284 Å². The Morgan fingerprint density at radius 3 is 1.79 bits per heavy atom. The molecule has 7 aromatic rings. The average Bonchev–Trinajstić information content (AvgIpc) is 3.07. The molecular weight excluding hydrogens is 588 g/mol. The number of hydrogen-bond donors (Lipinski definition) is 0. The van der Waals surface area contributed by atoms with Gasteiger partial charge in [0.2, 0.25) is 0 Å². The molecule has 1 atom stereocenters. The molecule has 0 aromatic heterocycles. The zero-order valence-corrected chi connectivity index (χ0v) is 29.2. The van der Waals surface area contributed by atoms with E-state index in [1.807, 2.05) is 0 Å². The summed E-state index contributed by atoms with van der Waals surface area (Å²) in [4.78, 5) is 0. The van der Waals surface area contributed by atoms with Gasteiger partial charge in [-0.3, -0.25) is 0 Å². The topological polar surface area (TPSA) is 27.7 Å². The summed E-state index contributed by atoms with van der Waals surface area (Å²) >= 11 is 0. The monoisotopic (exact) mass is 632 g/mol. The number of benzene rings is 7. The summed E-state index contributed by atoms with van der Waals surface area (Å²) in [6.45, 7) is 12.0. The minimum Gasteiger partial charge on any atom is -0.491 e. The highest BCUT2D eigenvalue weighted by Crippen LogP contribution is 2.45. The summed E-state index contributed by atoms with van der Waals surface area (Å²) in [5.74, 6) is 0.891. The van der Waals surface area contributed by atoms with Gasteiger partial charge in [-0.2, -0.15) is 0 Å². The Morgan fingerprint density at radius 2 is 1.15 bits per heavy atom. The van der Waals surface area contributed by atoms with Crippen LogP contribution in [0.5, 0.6) is 5.75 Å². The first-order chi connectivity index (χ1) is 23.2. The Kier molecular flexibility index (Phi) is 8.68. The molecule has 0 fully saturated rings. The van der Waals surface area contributed by atoms with Gasteiger partial charge in [-0.25, -0.2) is 0 Å². The number of aryl methyl sites for hydroxylation is 5. The molecule has 0 bridgehead atoms. The van der Waals surface area contributed by atoms with Crippen LogP contribution in [-0.4, -0.2) is 33.5 Å². The molecule has 0 N–H and O–H groups in total. The summed E-state index contributed by atoms with van der Waals surface area (Å²) in [5.41, 5.74) is 11.3. The van der Waals surface area contributed by atoms with Crippen molar-refractivity contribution in [3.63, 3.8) is 0 Å². The van der Waals surface area contributed by atoms with Crippen molar-refractivity contribution >= 4 is 43.1 Å². The maximum absolute atomic E-state index is 6.26. The largest absolute Gasteiger partial charge is 0.491 e. The van der Waals surface area contributed by atoms with Crippen molar-refractivity contribution in [2.45, 2.75) is 47.1 Å². The summed E-state index contributed by atoms with van der Waals surface area (Å²) in [6, 6.07) is 36.7. The van der Waals surface area contributed by atoms with Gasteiger partial charge >= 0.3 is 0 Å². The molecule has 7 rings (SSSR count). The highest BCUT2D eigenvalue weighted by molar-refractivity contribution is 6.22. The zero-order chi connectivity index (χ0) is 33.5. The van der Waals surface area contributed by atoms with Crippen LogP contribution in [0.3, 0.4) is 0 Å². The molecule has 0 radical (unpaired) electrons. The summed E-state index contributed by atoms with van der Waals surface area (Å²) in [6.07, 6.45) is 0.782. The van der Waals surface area contributed by atoms with E-state index in [-0.39, 0.29) is 6.10 Å². The lowest BCUT2D eigenvalue weighted by Gasteiger charge is -2.20. The molecule has 3 heteroatoms. The van der Waals surface area contributed by atoms with E-state index in [4.69, 9.17) is 14.2 Å². The van der Waals surface area contributed by atoms with Gasteiger partial charge in [-0.1, -0.05) is 89.5 Å².